The minimum Gasteiger partial charge on any atom is -0.756 e. The first-order valence-corrected chi connectivity index (χ1v) is 24.4. The molecule has 0 aliphatic rings. The standard InChI is InChI=1S/C48H84NO11P/c1-6-8-10-11-12-13-14-15-16-17-18-19-20-21-22-27-31-37-48(54)60-44(42-59-61(55,56)58-40-39-49(3,4)5)41-57-47(53)38-32-36-46(52)45(51)35-30-26-24-23-25-29-34-43(50)33-28-9-7-2/h9,15-16,23-26,28-30,34-35,43-46,50-52H,6-8,10-14,17-22,27,31-33,36-42H2,1-5H3/b16-15-,25-23+,26-24-,28-9-,34-29+,35-30-/t43-,44-,45+,46+/m1/s1. The van der Waals surface area contributed by atoms with Crippen molar-refractivity contribution >= 4 is 19.8 Å². The third kappa shape index (κ3) is 41.1. The second-order valence-corrected chi connectivity index (χ2v) is 18.0. The molecular formula is C48H84NO11P. The van der Waals surface area contributed by atoms with Gasteiger partial charge < -0.3 is 43.2 Å². The highest BCUT2D eigenvalue weighted by molar-refractivity contribution is 7.45. The number of nitrogens with zero attached hydrogens (tertiary/aromatic N) is 1. The lowest BCUT2D eigenvalue weighted by Gasteiger charge is -2.28. The zero-order chi connectivity index (χ0) is 45.5. The van der Waals surface area contributed by atoms with Gasteiger partial charge in [0.05, 0.1) is 46.1 Å². The fourth-order valence-corrected chi connectivity index (χ4v) is 6.54. The molecule has 0 bridgehead atoms. The summed E-state index contributed by atoms with van der Waals surface area (Å²) in [7, 11) is 0.962. The molecule has 0 amide bonds. The maximum Gasteiger partial charge on any atom is 0.306 e. The molecule has 0 aliphatic heterocycles. The summed E-state index contributed by atoms with van der Waals surface area (Å²) in [5, 5.41) is 30.5. The zero-order valence-corrected chi connectivity index (χ0v) is 39.3. The van der Waals surface area contributed by atoms with Gasteiger partial charge in [0, 0.05) is 12.8 Å². The number of allylic oxidation sites excluding steroid dienone is 9. The van der Waals surface area contributed by atoms with Crippen LogP contribution in [0.25, 0.3) is 0 Å². The van der Waals surface area contributed by atoms with E-state index in [2.05, 4.69) is 19.1 Å². The smallest absolute Gasteiger partial charge is 0.306 e. The van der Waals surface area contributed by atoms with Crippen LogP contribution in [0.1, 0.15) is 149 Å². The maximum atomic E-state index is 12.7. The number of aliphatic hydroxyl groups is 3. The van der Waals surface area contributed by atoms with Gasteiger partial charge in [-0.2, -0.15) is 0 Å². The molecule has 0 aliphatic carbocycles. The summed E-state index contributed by atoms with van der Waals surface area (Å²) in [5.41, 5.74) is 0. The number of unbranched alkanes of at least 4 members (excludes halogenated alkanes) is 13. The van der Waals surface area contributed by atoms with Crippen molar-refractivity contribution in [1.29, 1.82) is 0 Å². The van der Waals surface area contributed by atoms with E-state index in [0.29, 0.717) is 23.9 Å². The molecule has 0 saturated heterocycles. The van der Waals surface area contributed by atoms with Crippen molar-refractivity contribution in [1.82, 2.24) is 0 Å². The zero-order valence-electron chi connectivity index (χ0n) is 38.4. The highest BCUT2D eigenvalue weighted by Gasteiger charge is 2.22. The molecule has 0 rings (SSSR count). The summed E-state index contributed by atoms with van der Waals surface area (Å²) < 4.78 is 33.6. The van der Waals surface area contributed by atoms with Gasteiger partial charge in [-0.05, 0) is 57.8 Å². The predicted molar refractivity (Wildman–Crippen MR) is 244 cm³/mol. The van der Waals surface area contributed by atoms with E-state index in [-0.39, 0.29) is 32.3 Å². The first kappa shape index (κ1) is 58.3. The van der Waals surface area contributed by atoms with Crippen molar-refractivity contribution < 1.29 is 57.4 Å². The molecule has 61 heavy (non-hydrogen) atoms. The highest BCUT2D eigenvalue weighted by Crippen LogP contribution is 2.38. The van der Waals surface area contributed by atoms with E-state index in [1.165, 1.54) is 63.9 Å². The minimum atomic E-state index is -4.71. The molecule has 3 N–H and O–H groups in total. The summed E-state index contributed by atoms with van der Waals surface area (Å²) in [6.07, 6.45) is 37.3. The van der Waals surface area contributed by atoms with Crippen LogP contribution in [-0.2, 0) is 32.7 Å². The van der Waals surface area contributed by atoms with Gasteiger partial charge in [0.1, 0.15) is 19.8 Å². The van der Waals surface area contributed by atoms with Gasteiger partial charge in [0.25, 0.3) is 7.82 Å². The fourth-order valence-electron chi connectivity index (χ4n) is 5.81. The Balaban J connectivity index is 4.66. The number of rotatable bonds is 40. The number of aliphatic hydroxyl groups excluding tert-OH is 3. The Labute approximate surface area is 369 Å². The quantitative estimate of drug-likeness (QED) is 0.0134. The Morgan fingerprint density at radius 1 is 0.656 bits per heavy atom. The first-order valence-electron chi connectivity index (χ1n) is 23.0. The number of phosphoric ester groups is 1. The van der Waals surface area contributed by atoms with E-state index in [9.17, 15) is 34.4 Å². The minimum absolute atomic E-state index is 0.0824. The molecule has 0 heterocycles. The van der Waals surface area contributed by atoms with E-state index in [4.69, 9.17) is 18.5 Å². The van der Waals surface area contributed by atoms with Gasteiger partial charge in [-0.3, -0.25) is 14.2 Å². The topological polar surface area (TPSA) is 172 Å². The van der Waals surface area contributed by atoms with Gasteiger partial charge in [-0.1, -0.05) is 151 Å². The summed E-state index contributed by atoms with van der Waals surface area (Å²) in [5.74, 6) is -1.18. The van der Waals surface area contributed by atoms with Gasteiger partial charge in [0.2, 0.25) is 0 Å². The number of carbonyl (C=O) groups excluding carboxylic acids is 2. The molecule has 0 aromatic rings. The third-order valence-corrected chi connectivity index (χ3v) is 10.5. The normalized spacial score (nSPS) is 15.8. The molecule has 0 fully saturated rings. The molecule has 0 saturated carbocycles. The molecule has 352 valence electrons. The van der Waals surface area contributed by atoms with Gasteiger partial charge in [0.15, 0.2) is 6.10 Å². The number of ether oxygens (including phenoxy) is 2. The second-order valence-electron chi connectivity index (χ2n) is 16.6. The SMILES string of the molecule is CC/C=C\C[C@@H](O)/C=C/C=C/C=C\C=C/[C@H](O)[C@@H](O)CCCC(=O)OC[C@H](COP(=O)([O-])OCC[N+](C)(C)C)OC(=O)CCCCCCCCC/C=C\CCCCCCCC. The van der Waals surface area contributed by atoms with Crippen LogP contribution < -0.4 is 4.89 Å². The Morgan fingerprint density at radius 2 is 1.21 bits per heavy atom. The summed E-state index contributed by atoms with van der Waals surface area (Å²) >= 11 is 0. The number of esters is 2. The Morgan fingerprint density at radius 3 is 1.82 bits per heavy atom. The Bertz CT molecular complexity index is 1320. The van der Waals surface area contributed by atoms with Crippen molar-refractivity contribution in [3.05, 3.63) is 72.9 Å². The van der Waals surface area contributed by atoms with E-state index in [0.717, 1.165) is 38.5 Å². The molecule has 5 atom stereocenters. The predicted octanol–water partition coefficient (Wildman–Crippen LogP) is 9.30. The molecule has 1 unspecified atom stereocenters. The molecule has 13 heteroatoms. The van der Waals surface area contributed by atoms with Crippen LogP contribution in [0.5, 0.6) is 0 Å². The summed E-state index contributed by atoms with van der Waals surface area (Å²) in [4.78, 5) is 37.6. The van der Waals surface area contributed by atoms with Crippen LogP contribution in [0.2, 0.25) is 0 Å². The molecule has 0 spiro atoms. The van der Waals surface area contributed by atoms with Crippen molar-refractivity contribution in [2.24, 2.45) is 0 Å². The Hall–Kier alpha value is -2.67. The largest absolute Gasteiger partial charge is 0.756 e. The lowest BCUT2D eigenvalue weighted by Crippen LogP contribution is -2.37. The monoisotopic (exact) mass is 882 g/mol. The second kappa shape index (κ2) is 39.0. The van der Waals surface area contributed by atoms with E-state index >= 15 is 0 Å². The van der Waals surface area contributed by atoms with E-state index in [1.807, 2.05) is 40.2 Å². The van der Waals surface area contributed by atoms with Crippen molar-refractivity contribution in [3.8, 4) is 0 Å². The van der Waals surface area contributed by atoms with Gasteiger partial charge in [-0.15, -0.1) is 0 Å². The highest BCUT2D eigenvalue weighted by atomic mass is 31.2. The average molecular weight is 882 g/mol. The number of phosphoric acid groups is 1. The lowest BCUT2D eigenvalue weighted by atomic mass is 10.1. The van der Waals surface area contributed by atoms with Gasteiger partial charge >= 0.3 is 11.9 Å². The number of quaternary nitrogens is 1. The summed E-state index contributed by atoms with van der Waals surface area (Å²) in [6.45, 7) is 3.62. The molecule has 0 aromatic heterocycles. The molecular weight excluding hydrogens is 797 g/mol. The van der Waals surface area contributed by atoms with Crippen LogP contribution in [-0.4, -0.2) is 104 Å². The molecule has 0 aromatic carbocycles. The first-order chi connectivity index (χ1) is 29.2. The van der Waals surface area contributed by atoms with Crippen molar-refractivity contribution in [3.63, 3.8) is 0 Å². The number of carbonyl (C=O) groups is 2. The molecule has 0 radical (unpaired) electrons. The van der Waals surface area contributed by atoms with Crippen LogP contribution in [0.4, 0.5) is 0 Å². The number of likely N-dealkylation sites (N-methyl/N-ethyl adjacent to an activating group) is 1. The van der Waals surface area contributed by atoms with Crippen molar-refractivity contribution in [2.45, 2.75) is 173 Å². The van der Waals surface area contributed by atoms with Crippen LogP contribution in [0.3, 0.4) is 0 Å². The van der Waals surface area contributed by atoms with E-state index in [1.54, 1.807) is 42.5 Å². The van der Waals surface area contributed by atoms with Crippen LogP contribution in [0, 0.1) is 0 Å². The number of hydrogen-bond donors (Lipinski definition) is 3. The Kier molecular flexibility index (Phi) is 37.3. The van der Waals surface area contributed by atoms with Crippen LogP contribution in [0.15, 0.2) is 72.9 Å². The van der Waals surface area contributed by atoms with Crippen molar-refractivity contribution in [2.75, 3.05) is 47.5 Å². The maximum absolute atomic E-state index is 12.7. The van der Waals surface area contributed by atoms with E-state index < -0.39 is 57.4 Å². The summed E-state index contributed by atoms with van der Waals surface area (Å²) in [6, 6.07) is 0. The lowest BCUT2D eigenvalue weighted by molar-refractivity contribution is -0.870. The third-order valence-electron chi connectivity index (χ3n) is 9.55. The van der Waals surface area contributed by atoms with Gasteiger partial charge in [-0.25, -0.2) is 0 Å². The fraction of sp³-hybridized carbons (Fsp3) is 0.708. The number of hydrogen-bond acceptors (Lipinski definition) is 11. The average Bonchev–Trinajstić information content (AvgIpc) is 3.20. The van der Waals surface area contributed by atoms with Crippen LogP contribution >= 0.6 is 7.82 Å². The molecule has 12 nitrogen and oxygen atoms in total.